The molecule has 0 amide bonds. The van der Waals surface area contributed by atoms with Gasteiger partial charge in [-0.05, 0) is 47.4 Å². The smallest absolute Gasteiger partial charge is 0.0355 e. The van der Waals surface area contributed by atoms with Crippen LogP contribution in [0.2, 0.25) is 0 Å². The fourth-order valence-electron chi connectivity index (χ4n) is 3.11. The van der Waals surface area contributed by atoms with E-state index in [9.17, 15) is 0 Å². The number of hydrogen-bond acceptors (Lipinski definition) is 2. The van der Waals surface area contributed by atoms with E-state index in [1.165, 1.54) is 40.7 Å². The summed E-state index contributed by atoms with van der Waals surface area (Å²) >= 11 is 3.71. The van der Waals surface area contributed by atoms with Crippen LogP contribution in [-0.4, -0.2) is 0 Å². The van der Waals surface area contributed by atoms with Crippen LogP contribution in [0.15, 0.2) is 72.8 Å². The first-order valence-corrected chi connectivity index (χ1v) is 9.58. The van der Waals surface area contributed by atoms with Crippen LogP contribution in [0.5, 0.6) is 0 Å². The van der Waals surface area contributed by atoms with Crippen LogP contribution in [0.4, 0.5) is 0 Å². The number of fused-ring (bicyclic) bond motifs is 4. The molecule has 0 saturated heterocycles. The third kappa shape index (κ3) is 2.35. The standard InChI is InChI=1S/C22H14S2/c1-3-7-20-16(5-1)14-17(23-20)11-9-15-10-12-22-19(13-15)18-6-2-4-8-21(18)24-22/h1-14H/b11-9+. The molecule has 0 aliphatic carbocycles. The molecular formula is C22H14S2. The van der Waals surface area contributed by atoms with Gasteiger partial charge in [-0.1, -0.05) is 48.5 Å². The van der Waals surface area contributed by atoms with Crippen molar-refractivity contribution >= 4 is 65.1 Å². The van der Waals surface area contributed by atoms with Crippen molar-refractivity contribution in [3.8, 4) is 0 Å². The van der Waals surface area contributed by atoms with E-state index >= 15 is 0 Å². The molecule has 0 saturated carbocycles. The minimum Gasteiger partial charge on any atom is -0.136 e. The van der Waals surface area contributed by atoms with Gasteiger partial charge in [0, 0.05) is 29.7 Å². The molecule has 0 nitrogen and oxygen atoms in total. The zero-order valence-electron chi connectivity index (χ0n) is 12.9. The summed E-state index contributed by atoms with van der Waals surface area (Å²) in [4.78, 5) is 1.30. The maximum absolute atomic E-state index is 2.30. The molecule has 2 heterocycles. The van der Waals surface area contributed by atoms with Gasteiger partial charge in [0.1, 0.15) is 0 Å². The number of hydrogen-bond donors (Lipinski definition) is 0. The molecule has 0 aliphatic rings. The van der Waals surface area contributed by atoms with Gasteiger partial charge >= 0.3 is 0 Å². The maximum Gasteiger partial charge on any atom is 0.0355 e. The molecule has 0 unspecified atom stereocenters. The predicted molar refractivity (Wildman–Crippen MR) is 110 cm³/mol. The van der Waals surface area contributed by atoms with Crippen LogP contribution < -0.4 is 0 Å². The molecular weight excluding hydrogens is 328 g/mol. The molecule has 3 aromatic carbocycles. The van der Waals surface area contributed by atoms with Crippen molar-refractivity contribution in [3.05, 3.63) is 83.2 Å². The lowest BCUT2D eigenvalue weighted by Crippen LogP contribution is -1.71. The van der Waals surface area contributed by atoms with Crippen molar-refractivity contribution < 1.29 is 0 Å². The summed E-state index contributed by atoms with van der Waals surface area (Å²) < 4.78 is 4.06. The average Bonchev–Trinajstić information content (AvgIpc) is 3.20. The third-order valence-corrected chi connectivity index (χ3v) is 6.52. The van der Waals surface area contributed by atoms with E-state index in [1.807, 2.05) is 22.7 Å². The Morgan fingerprint density at radius 3 is 2.29 bits per heavy atom. The predicted octanol–water partition coefficient (Wildman–Crippen LogP) is 7.44. The van der Waals surface area contributed by atoms with E-state index in [-0.39, 0.29) is 0 Å². The van der Waals surface area contributed by atoms with Gasteiger partial charge in [0.25, 0.3) is 0 Å². The Hall–Kier alpha value is -2.42. The molecule has 114 valence electrons. The zero-order valence-corrected chi connectivity index (χ0v) is 14.5. The Balaban J connectivity index is 1.57. The molecule has 0 atom stereocenters. The summed E-state index contributed by atoms with van der Waals surface area (Å²) in [6.45, 7) is 0. The molecule has 2 aromatic heterocycles. The normalized spacial score (nSPS) is 12.0. The van der Waals surface area contributed by atoms with E-state index in [0.29, 0.717) is 0 Å². The number of rotatable bonds is 2. The number of thiophene rings is 2. The van der Waals surface area contributed by atoms with Crippen LogP contribution in [0.1, 0.15) is 10.4 Å². The summed E-state index contributed by atoms with van der Waals surface area (Å²) in [5.41, 5.74) is 1.25. The van der Waals surface area contributed by atoms with Gasteiger partial charge in [-0.3, -0.25) is 0 Å². The molecule has 5 aromatic rings. The topological polar surface area (TPSA) is 0 Å². The van der Waals surface area contributed by atoms with Crippen LogP contribution in [0, 0.1) is 0 Å². The summed E-state index contributed by atoms with van der Waals surface area (Å²) in [5.74, 6) is 0. The first-order chi connectivity index (χ1) is 11.9. The molecule has 5 rings (SSSR count). The van der Waals surface area contributed by atoms with Crippen molar-refractivity contribution in [2.45, 2.75) is 0 Å². The average molecular weight is 342 g/mol. The van der Waals surface area contributed by atoms with Crippen LogP contribution in [0.3, 0.4) is 0 Å². The van der Waals surface area contributed by atoms with Crippen molar-refractivity contribution in [3.63, 3.8) is 0 Å². The minimum absolute atomic E-state index is 1.25. The Labute approximate surface area is 148 Å². The van der Waals surface area contributed by atoms with Gasteiger partial charge in [0.05, 0.1) is 0 Å². The fraction of sp³-hybridized carbons (Fsp3) is 0. The Bertz CT molecular complexity index is 1170. The lowest BCUT2D eigenvalue weighted by molar-refractivity contribution is 1.77. The summed E-state index contributed by atoms with van der Waals surface area (Å²) in [7, 11) is 0. The van der Waals surface area contributed by atoms with Gasteiger partial charge in [0.15, 0.2) is 0 Å². The third-order valence-electron chi connectivity index (χ3n) is 4.29. The monoisotopic (exact) mass is 342 g/mol. The highest BCUT2D eigenvalue weighted by Crippen LogP contribution is 2.34. The van der Waals surface area contributed by atoms with Gasteiger partial charge in [-0.25, -0.2) is 0 Å². The first kappa shape index (κ1) is 14.0. The van der Waals surface area contributed by atoms with Crippen LogP contribution >= 0.6 is 22.7 Å². The minimum atomic E-state index is 1.25. The van der Waals surface area contributed by atoms with Crippen LogP contribution in [0.25, 0.3) is 42.4 Å². The Morgan fingerprint density at radius 1 is 0.583 bits per heavy atom. The highest BCUT2D eigenvalue weighted by Gasteiger charge is 2.04. The van der Waals surface area contributed by atoms with Crippen molar-refractivity contribution in [1.29, 1.82) is 0 Å². The quantitative estimate of drug-likeness (QED) is 0.313. The zero-order chi connectivity index (χ0) is 15.9. The second-order valence-corrected chi connectivity index (χ2v) is 8.07. The van der Waals surface area contributed by atoms with E-state index in [1.54, 1.807) is 0 Å². The van der Waals surface area contributed by atoms with Gasteiger partial charge < -0.3 is 0 Å². The molecule has 2 heteroatoms. The van der Waals surface area contributed by atoms with Gasteiger partial charge in [-0.2, -0.15) is 0 Å². The molecule has 24 heavy (non-hydrogen) atoms. The Morgan fingerprint density at radius 2 is 1.38 bits per heavy atom. The molecule has 0 aliphatic heterocycles. The molecule has 0 radical (unpaired) electrons. The highest BCUT2D eigenvalue weighted by molar-refractivity contribution is 7.25. The number of benzene rings is 3. The largest absolute Gasteiger partial charge is 0.136 e. The van der Waals surface area contributed by atoms with Gasteiger partial charge in [-0.15, -0.1) is 22.7 Å². The highest BCUT2D eigenvalue weighted by atomic mass is 32.1. The maximum atomic E-state index is 2.30. The van der Waals surface area contributed by atoms with E-state index in [0.717, 1.165) is 0 Å². The van der Waals surface area contributed by atoms with E-state index < -0.39 is 0 Å². The van der Waals surface area contributed by atoms with E-state index in [2.05, 4.69) is 84.9 Å². The van der Waals surface area contributed by atoms with Crippen molar-refractivity contribution in [1.82, 2.24) is 0 Å². The van der Waals surface area contributed by atoms with Crippen LogP contribution in [-0.2, 0) is 0 Å². The fourth-order valence-corrected chi connectivity index (χ4v) is 5.16. The molecule has 0 spiro atoms. The second kappa shape index (κ2) is 5.59. The summed E-state index contributed by atoms with van der Waals surface area (Å²) in [5, 5.41) is 4.03. The van der Waals surface area contributed by atoms with Crippen molar-refractivity contribution in [2.24, 2.45) is 0 Å². The lowest BCUT2D eigenvalue weighted by Gasteiger charge is -1.95. The molecule has 0 fully saturated rings. The van der Waals surface area contributed by atoms with Crippen molar-refractivity contribution in [2.75, 3.05) is 0 Å². The summed E-state index contributed by atoms with van der Waals surface area (Å²) in [6, 6.07) is 26.2. The second-order valence-electron chi connectivity index (χ2n) is 5.87. The van der Waals surface area contributed by atoms with Gasteiger partial charge in [0.2, 0.25) is 0 Å². The van der Waals surface area contributed by atoms with E-state index in [4.69, 9.17) is 0 Å². The summed E-state index contributed by atoms with van der Waals surface area (Å²) in [6.07, 6.45) is 4.44. The Kier molecular flexibility index (Phi) is 3.25. The molecule has 0 N–H and O–H groups in total. The lowest BCUT2D eigenvalue weighted by atomic mass is 10.1. The first-order valence-electron chi connectivity index (χ1n) is 7.95. The SMILES string of the molecule is C(=C\c1cc2ccccc2s1)/c1ccc2sc3ccccc3c2c1. The molecule has 0 bridgehead atoms.